The minimum absolute atomic E-state index is 0.0715. The van der Waals surface area contributed by atoms with E-state index in [2.05, 4.69) is 22.9 Å². The molecule has 14 heavy (non-hydrogen) atoms. The van der Waals surface area contributed by atoms with Crippen molar-refractivity contribution < 1.29 is 4.79 Å². The molecule has 2 heteroatoms. The summed E-state index contributed by atoms with van der Waals surface area (Å²) in [4.78, 5) is 12.0. The number of benzene rings is 1. The SMILES string of the molecule is CC(C)C(=O)c1ccc(C(C)Br)cc1. The molecule has 0 amide bonds. The van der Waals surface area contributed by atoms with E-state index in [1.165, 1.54) is 5.56 Å². The lowest BCUT2D eigenvalue weighted by molar-refractivity contribution is 0.0939. The summed E-state index contributed by atoms with van der Waals surface area (Å²) in [6.07, 6.45) is 0. The summed E-state index contributed by atoms with van der Waals surface area (Å²) < 4.78 is 0. The maximum atomic E-state index is 11.6. The van der Waals surface area contributed by atoms with E-state index < -0.39 is 0 Å². The van der Waals surface area contributed by atoms with E-state index >= 15 is 0 Å². The molecule has 1 atom stereocenters. The van der Waals surface area contributed by atoms with Crippen molar-refractivity contribution in [2.45, 2.75) is 25.6 Å². The summed E-state index contributed by atoms with van der Waals surface area (Å²) in [6.45, 7) is 5.91. The van der Waals surface area contributed by atoms with E-state index in [0.717, 1.165) is 5.56 Å². The fraction of sp³-hybridized carbons (Fsp3) is 0.417. The molecule has 1 aromatic carbocycles. The van der Waals surface area contributed by atoms with Crippen LogP contribution in [0.15, 0.2) is 24.3 Å². The second-order valence-corrected chi connectivity index (χ2v) is 5.13. The first-order valence-corrected chi connectivity index (χ1v) is 5.72. The van der Waals surface area contributed by atoms with Crippen LogP contribution in [-0.2, 0) is 0 Å². The summed E-state index contributed by atoms with van der Waals surface area (Å²) in [5.41, 5.74) is 2.00. The molecule has 1 rings (SSSR count). The number of alkyl halides is 1. The van der Waals surface area contributed by atoms with E-state index in [1.54, 1.807) is 0 Å². The maximum Gasteiger partial charge on any atom is 0.165 e. The molecule has 0 N–H and O–H groups in total. The molecule has 0 radical (unpaired) electrons. The number of carbonyl (C=O) groups excluding carboxylic acids is 1. The third-order valence-electron chi connectivity index (χ3n) is 2.18. The molecule has 0 aliphatic rings. The molecule has 0 heterocycles. The molecule has 0 spiro atoms. The van der Waals surface area contributed by atoms with Crippen molar-refractivity contribution in [1.82, 2.24) is 0 Å². The topological polar surface area (TPSA) is 17.1 Å². The van der Waals surface area contributed by atoms with Gasteiger partial charge in [0.2, 0.25) is 0 Å². The quantitative estimate of drug-likeness (QED) is 0.589. The van der Waals surface area contributed by atoms with Crippen LogP contribution in [-0.4, -0.2) is 5.78 Å². The molecule has 0 saturated carbocycles. The number of hydrogen-bond acceptors (Lipinski definition) is 1. The first kappa shape index (κ1) is 11.4. The third kappa shape index (κ3) is 2.68. The Hall–Kier alpha value is -0.630. The lowest BCUT2D eigenvalue weighted by Crippen LogP contribution is -2.07. The Morgan fingerprint density at radius 2 is 1.64 bits per heavy atom. The van der Waals surface area contributed by atoms with Crippen molar-refractivity contribution >= 4 is 21.7 Å². The number of halogens is 1. The summed E-state index contributed by atoms with van der Waals surface area (Å²) >= 11 is 3.49. The van der Waals surface area contributed by atoms with Crippen LogP contribution in [0.1, 0.15) is 41.5 Å². The molecule has 0 saturated heterocycles. The Labute approximate surface area is 93.7 Å². The minimum atomic E-state index is 0.0715. The molecular formula is C12H15BrO. The normalized spacial score (nSPS) is 12.9. The van der Waals surface area contributed by atoms with Crippen LogP contribution in [0.25, 0.3) is 0 Å². The molecule has 76 valence electrons. The van der Waals surface area contributed by atoms with Gasteiger partial charge >= 0.3 is 0 Å². The van der Waals surface area contributed by atoms with E-state index in [9.17, 15) is 4.79 Å². The van der Waals surface area contributed by atoms with Gasteiger partial charge in [-0.15, -0.1) is 0 Å². The van der Waals surface area contributed by atoms with E-state index in [4.69, 9.17) is 0 Å². The summed E-state index contributed by atoms with van der Waals surface area (Å²) in [7, 11) is 0. The number of Topliss-reactive ketones (excluding diaryl/α,β-unsaturated/α-hetero) is 1. The molecule has 0 aromatic heterocycles. The van der Waals surface area contributed by atoms with Crippen molar-refractivity contribution in [2.75, 3.05) is 0 Å². The zero-order valence-electron chi connectivity index (χ0n) is 8.75. The van der Waals surface area contributed by atoms with Crippen LogP contribution in [0.5, 0.6) is 0 Å². The lowest BCUT2D eigenvalue weighted by atomic mass is 10.00. The Kier molecular flexibility index (Phi) is 3.87. The van der Waals surface area contributed by atoms with Gasteiger partial charge in [-0.3, -0.25) is 4.79 Å². The van der Waals surface area contributed by atoms with Crippen LogP contribution in [0.3, 0.4) is 0 Å². The highest BCUT2D eigenvalue weighted by Crippen LogP contribution is 2.22. The monoisotopic (exact) mass is 254 g/mol. The highest BCUT2D eigenvalue weighted by molar-refractivity contribution is 9.09. The molecule has 0 fully saturated rings. The zero-order chi connectivity index (χ0) is 10.7. The fourth-order valence-corrected chi connectivity index (χ4v) is 1.55. The van der Waals surface area contributed by atoms with Gasteiger partial charge in [0.25, 0.3) is 0 Å². The first-order chi connectivity index (χ1) is 6.52. The molecular weight excluding hydrogens is 240 g/mol. The Bertz CT molecular complexity index is 312. The third-order valence-corrected chi connectivity index (χ3v) is 2.71. The van der Waals surface area contributed by atoms with Crippen molar-refractivity contribution in [1.29, 1.82) is 0 Å². The Morgan fingerprint density at radius 1 is 1.14 bits per heavy atom. The van der Waals surface area contributed by atoms with Gasteiger partial charge in [0.15, 0.2) is 5.78 Å². The van der Waals surface area contributed by atoms with Crippen LogP contribution in [0.4, 0.5) is 0 Å². The average molecular weight is 255 g/mol. The lowest BCUT2D eigenvalue weighted by Gasteiger charge is -2.06. The first-order valence-electron chi connectivity index (χ1n) is 4.80. The largest absolute Gasteiger partial charge is 0.294 e. The molecule has 0 aliphatic carbocycles. The van der Waals surface area contributed by atoms with E-state index in [0.29, 0.717) is 4.83 Å². The van der Waals surface area contributed by atoms with Gasteiger partial charge in [-0.05, 0) is 12.5 Å². The molecule has 1 unspecified atom stereocenters. The molecule has 1 aromatic rings. The van der Waals surface area contributed by atoms with Crippen molar-refractivity contribution in [3.8, 4) is 0 Å². The van der Waals surface area contributed by atoms with Crippen molar-refractivity contribution in [3.05, 3.63) is 35.4 Å². The standard InChI is InChI=1S/C12H15BrO/c1-8(2)12(14)11-6-4-10(5-7-11)9(3)13/h4-9H,1-3H3. The van der Waals surface area contributed by atoms with Crippen LogP contribution in [0, 0.1) is 5.92 Å². The molecule has 0 bridgehead atoms. The fourth-order valence-electron chi connectivity index (χ4n) is 1.25. The number of ketones is 1. The van der Waals surface area contributed by atoms with E-state index in [-0.39, 0.29) is 11.7 Å². The van der Waals surface area contributed by atoms with E-state index in [1.807, 2.05) is 38.1 Å². The summed E-state index contributed by atoms with van der Waals surface area (Å²) in [5.74, 6) is 0.279. The van der Waals surface area contributed by atoms with Crippen LogP contribution in [0.2, 0.25) is 0 Å². The summed E-state index contributed by atoms with van der Waals surface area (Å²) in [6, 6.07) is 7.79. The van der Waals surface area contributed by atoms with Crippen molar-refractivity contribution in [3.63, 3.8) is 0 Å². The molecule has 1 nitrogen and oxygen atoms in total. The van der Waals surface area contributed by atoms with Crippen LogP contribution >= 0.6 is 15.9 Å². The Balaban J connectivity index is 2.89. The number of hydrogen-bond donors (Lipinski definition) is 0. The molecule has 0 aliphatic heterocycles. The highest BCUT2D eigenvalue weighted by Gasteiger charge is 2.10. The van der Waals surface area contributed by atoms with Crippen molar-refractivity contribution in [2.24, 2.45) is 5.92 Å². The predicted octanol–water partition coefficient (Wildman–Crippen LogP) is 3.98. The second-order valence-electron chi connectivity index (χ2n) is 3.76. The predicted molar refractivity (Wildman–Crippen MR) is 63.0 cm³/mol. The zero-order valence-corrected chi connectivity index (χ0v) is 10.3. The number of rotatable bonds is 3. The van der Waals surface area contributed by atoms with Gasteiger partial charge in [0.05, 0.1) is 0 Å². The smallest absolute Gasteiger partial charge is 0.165 e. The summed E-state index contributed by atoms with van der Waals surface area (Å²) in [5, 5.41) is 0. The van der Waals surface area contributed by atoms with Gasteiger partial charge in [0.1, 0.15) is 0 Å². The highest BCUT2D eigenvalue weighted by atomic mass is 79.9. The van der Waals surface area contributed by atoms with Crippen LogP contribution < -0.4 is 0 Å². The van der Waals surface area contributed by atoms with Gasteiger partial charge in [-0.1, -0.05) is 54.0 Å². The van der Waals surface area contributed by atoms with Gasteiger partial charge < -0.3 is 0 Å². The second kappa shape index (κ2) is 4.74. The van der Waals surface area contributed by atoms with Gasteiger partial charge in [-0.25, -0.2) is 0 Å². The van der Waals surface area contributed by atoms with Gasteiger partial charge in [-0.2, -0.15) is 0 Å². The minimum Gasteiger partial charge on any atom is -0.294 e. The van der Waals surface area contributed by atoms with Gasteiger partial charge in [0, 0.05) is 16.3 Å². The number of carbonyl (C=O) groups is 1. The Morgan fingerprint density at radius 3 is 2.00 bits per heavy atom. The average Bonchev–Trinajstić information content (AvgIpc) is 2.16. The maximum absolute atomic E-state index is 11.6.